The molecule has 142 valence electrons. The van der Waals surface area contributed by atoms with Crippen LogP contribution in [0, 0.1) is 0 Å². The molecule has 3 heterocycles. The zero-order valence-electron chi connectivity index (χ0n) is 15.9. The molecule has 2 aromatic heterocycles. The first kappa shape index (κ1) is 17.9. The minimum Gasteiger partial charge on any atom is -0.454 e. The first-order valence-corrected chi connectivity index (χ1v) is 8.92. The van der Waals surface area contributed by atoms with Crippen molar-refractivity contribution in [3.05, 3.63) is 71.8 Å². The largest absolute Gasteiger partial charge is 0.454 e. The lowest BCUT2D eigenvalue weighted by Gasteiger charge is -2.23. The Bertz CT molecular complexity index is 1110. The molecule has 0 radical (unpaired) electrons. The highest BCUT2D eigenvalue weighted by atomic mass is 16.5. The molecule has 0 bridgehead atoms. The smallest absolute Gasteiger partial charge is 0.340 e. The number of anilines is 1. The van der Waals surface area contributed by atoms with Crippen LogP contribution in [-0.4, -0.2) is 40.0 Å². The number of fused-ring (bicyclic) bond motifs is 2. The number of hydrogen-bond donors (Lipinski definition) is 0. The van der Waals surface area contributed by atoms with Crippen LogP contribution in [0.5, 0.6) is 0 Å². The number of ketones is 1. The fraction of sp³-hybridized carbons (Fsp3) is 0.238. The minimum atomic E-state index is -0.565. The van der Waals surface area contributed by atoms with Gasteiger partial charge in [0, 0.05) is 36.1 Å². The zero-order valence-corrected chi connectivity index (χ0v) is 15.9. The Balaban J connectivity index is 1.47. The Morgan fingerprint density at radius 2 is 1.96 bits per heavy atom. The number of esters is 1. The van der Waals surface area contributed by atoms with E-state index in [0.29, 0.717) is 11.2 Å². The quantitative estimate of drug-likeness (QED) is 0.515. The predicted octanol–water partition coefficient (Wildman–Crippen LogP) is 2.77. The van der Waals surface area contributed by atoms with E-state index in [2.05, 4.69) is 30.1 Å². The molecule has 7 heteroatoms. The van der Waals surface area contributed by atoms with Crippen molar-refractivity contribution in [1.82, 2.24) is 14.6 Å². The van der Waals surface area contributed by atoms with E-state index in [1.165, 1.54) is 6.33 Å². The molecule has 0 aliphatic carbocycles. The molecule has 0 amide bonds. The van der Waals surface area contributed by atoms with Gasteiger partial charge in [0.15, 0.2) is 18.0 Å². The van der Waals surface area contributed by atoms with Gasteiger partial charge in [-0.15, -0.1) is 10.2 Å². The van der Waals surface area contributed by atoms with Crippen LogP contribution < -0.4 is 4.90 Å². The Kier molecular flexibility index (Phi) is 4.22. The van der Waals surface area contributed by atoms with E-state index in [1.807, 2.05) is 30.1 Å². The SMILES string of the molecule is CN1C(=CC(=O)COC(=O)c2ccc3nncn3c2)C(C)(C)c2ccccc21. The van der Waals surface area contributed by atoms with Crippen LogP contribution in [0.2, 0.25) is 0 Å². The van der Waals surface area contributed by atoms with Crippen molar-refractivity contribution in [2.45, 2.75) is 19.3 Å². The highest BCUT2D eigenvalue weighted by Gasteiger charge is 2.38. The molecule has 1 aliphatic rings. The molecule has 0 saturated carbocycles. The normalized spacial score (nSPS) is 16.4. The third-order valence-electron chi connectivity index (χ3n) is 5.11. The number of likely N-dealkylation sites (N-methyl/N-ethyl adjacent to an activating group) is 1. The lowest BCUT2D eigenvalue weighted by atomic mass is 9.83. The van der Waals surface area contributed by atoms with Crippen molar-refractivity contribution in [3.63, 3.8) is 0 Å². The number of allylic oxidation sites excluding steroid dienone is 1. The molecule has 0 saturated heterocycles. The number of nitrogens with zero attached hydrogens (tertiary/aromatic N) is 4. The van der Waals surface area contributed by atoms with Crippen LogP contribution in [0.4, 0.5) is 5.69 Å². The van der Waals surface area contributed by atoms with Crippen LogP contribution >= 0.6 is 0 Å². The van der Waals surface area contributed by atoms with Crippen molar-refractivity contribution in [2.75, 3.05) is 18.6 Å². The Morgan fingerprint density at radius 1 is 1.18 bits per heavy atom. The van der Waals surface area contributed by atoms with E-state index in [-0.39, 0.29) is 17.8 Å². The predicted molar refractivity (Wildman–Crippen MR) is 104 cm³/mol. The number of pyridine rings is 1. The molecule has 1 aliphatic heterocycles. The van der Waals surface area contributed by atoms with Crippen molar-refractivity contribution in [2.24, 2.45) is 0 Å². The van der Waals surface area contributed by atoms with E-state index in [0.717, 1.165) is 16.9 Å². The second kappa shape index (κ2) is 6.60. The molecule has 0 fully saturated rings. The van der Waals surface area contributed by atoms with Crippen LogP contribution in [0.25, 0.3) is 5.65 Å². The molecule has 0 N–H and O–H groups in total. The van der Waals surface area contributed by atoms with Gasteiger partial charge in [-0.3, -0.25) is 9.20 Å². The Morgan fingerprint density at radius 3 is 2.75 bits per heavy atom. The zero-order chi connectivity index (χ0) is 19.9. The molecule has 0 unspecified atom stereocenters. The number of para-hydroxylation sites is 1. The van der Waals surface area contributed by atoms with Gasteiger partial charge in [0.05, 0.1) is 5.56 Å². The molecule has 1 aromatic carbocycles. The summed E-state index contributed by atoms with van der Waals surface area (Å²) >= 11 is 0. The van der Waals surface area contributed by atoms with Gasteiger partial charge >= 0.3 is 5.97 Å². The number of benzene rings is 1. The fourth-order valence-corrected chi connectivity index (χ4v) is 3.62. The summed E-state index contributed by atoms with van der Waals surface area (Å²) in [5.74, 6) is -0.828. The highest BCUT2D eigenvalue weighted by Crippen LogP contribution is 2.46. The maximum absolute atomic E-state index is 12.5. The number of carbonyl (C=O) groups is 2. The number of rotatable bonds is 4. The van der Waals surface area contributed by atoms with Crippen molar-refractivity contribution < 1.29 is 14.3 Å². The lowest BCUT2D eigenvalue weighted by molar-refractivity contribution is -0.117. The third kappa shape index (κ3) is 2.94. The van der Waals surface area contributed by atoms with E-state index in [9.17, 15) is 9.59 Å². The van der Waals surface area contributed by atoms with Gasteiger partial charge in [0.2, 0.25) is 0 Å². The molecule has 4 rings (SSSR count). The van der Waals surface area contributed by atoms with Crippen LogP contribution in [0.3, 0.4) is 0 Å². The van der Waals surface area contributed by atoms with Crippen molar-refractivity contribution in [1.29, 1.82) is 0 Å². The van der Waals surface area contributed by atoms with Gasteiger partial charge < -0.3 is 9.64 Å². The Hall–Kier alpha value is -3.48. The van der Waals surface area contributed by atoms with Gasteiger partial charge in [-0.2, -0.15) is 0 Å². The average Bonchev–Trinajstić information content (AvgIpc) is 3.23. The summed E-state index contributed by atoms with van der Waals surface area (Å²) in [4.78, 5) is 26.8. The van der Waals surface area contributed by atoms with E-state index >= 15 is 0 Å². The van der Waals surface area contributed by atoms with E-state index in [4.69, 9.17) is 4.74 Å². The molecular weight excluding hydrogens is 356 g/mol. The standard InChI is InChI=1S/C21H20N4O3/c1-21(2)16-6-4-5-7-17(16)24(3)18(21)10-15(26)12-28-20(27)14-8-9-19-23-22-13-25(19)11-14/h4-11,13H,12H2,1-3H3. The lowest BCUT2D eigenvalue weighted by Crippen LogP contribution is -2.25. The van der Waals surface area contributed by atoms with Gasteiger partial charge in [-0.05, 0) is 23.8 Å². The number of ether oxygens (including phenoxy) is 1. The van der Waals surface area contributed by atoms with Crippen LogP contribution in [0.15, 0.2) is 60.7 Å². The van der Waals surface area contributed by atoms with Crippen LogP contribution in [0.1, 0.15) is 29.8 Å². The van der Waals surface area contributed by atoms with Crippen LogP contribution in [-0.2, 0) is 14.9 Å². The summed E-state index contributed by atoms with van der Waals surface area (Å²) < 4.78 is 6.82. The average molecular weight is 376 g/mol. The summed E-state index contributed by atoms with van der Waals surface area (Å²) in [6, 6.07) is 11.3. The molecule has 0 spiro atoms. The Labute approximate surface area is 162 Å². The molecule has 3 aromatic rings. The molecule has 0 atom stereocenters. The summed E-state index contributed by atoms with van der Waals surface area (Å²) in [6.07, 6.45) is 4.64. The molecule has 28 heavy (non-hydrogen) atoms. The maximum Gasteiger partial charge on any atom is 0.340 e. The highest BCUT2D eigenvalue weighted by molar-refractivity contribution is 5.96. The van der Waals surface area contributed by atoms with Gasteiger partial charge in [0.1, 0.15) is 6.33 Å². The number of hydrogen-bond acceptors (Lipinski definition) is 6. The molecule has 7 nitrogen and oxygen atoms in total. The summed E-state index contributed by atoms with van der Waals surface area (Å²) in [6.45, 7) is 3.84. The van der Waals surface area contributed by atoms with Gasteiger partial charge in [-0.25, -0.2) is 4.79 Å². The first-order chi connectivity index (χ1) is 13.4. The molecular formula is C21H20N4O3. The first-order valence-electron chi connectivity index (χ1n) is 8.92. The summed E-state index contributed by atoms with van der Waals surface area (Å²) in [5, 5.41) is 7.65. The van der Waals surface area contributed by atoms with Crippen molar-refractivity contribution in [3.8, 4) is 0 Å². The van der Waals surface area contributed by atoms with Crippen molar-refractivity contribution >= 4 is 23.1 Å². The maximum atomic E-state index is 12.5. The second-order valence-electron chi connectivity index (χ2n) is 7.29. The monoisotopic (exact) mass is 376 g/mol. The minimum absolute atomic E-state index is 0.263. The topological polar surface area (TPSA) is 76.8 Å². The number of carbonyl (C=O) groups excluding carboxylic acids is 2. The second-order valence-corrected chi connectivity index (χ2v) is 7.29. The summed E-state index contributed by atoms with van der Waals surface area (Å²) in [7, 11) is 1.94. The van der Waals surface area contributed by atoms with E-state index in [1.54, 1.807) is 28.8 Å². The third-order valence-corrected chi connectivity index (χ3v) is 5.11. The van der Waals surface area contributed by atoms with E-state index < -0.39 is 5.97 Å². The van der Waals surface area contributed by atoms with Gasteiger partial charge in [-0.1, -0.05) is 32.0 Å². The summed E-state index contributed by atoms with van der Waals surface area (Å²) in [5.41, 5.74) is 3.77. The van der Waals surface area contributed by atoms with Gasteiger partial charge in [0.25, 0.3) is 0 Å². The number of aromatic nitrogens is 3. The fourth-order valence-electron chi connectivity index (χ4n) is 3.62.